The van der Waals surface area contributed by atoms with Gasteiger partial charge in [-0.15, -0.1) is 0 Å². The molecule has 2 aromatic heterocycles. The van der Waals surface area contributed by atoms with Crippen molar-refractivity contribution in [2.24, 2.45) is 0 Å². The summed E-state index contributed by atoms with van der Waals surface area (Å²) >= 11 is 0. The van der Waals surface area contributed by atoms with Gasteiger partial charge in [-0.1, -0.05) is 32.4 Å². The van der Waals surface area contributed by atoms with Crippen LogP contribution in [0.2, 0.25) is 0 Å². The molecule has 0 saturated heterocycles. The summed E-state index contributed by atoms with van der Waals surface area (Å²) in [5, 5.41) is 3.57. The zero-order chi connectivity index (χ0) is 18.5. The zero-order valence-electron chi connectivity index (χ0n) is 15.7. The fourth-order valence-corrected chi connectivity index (χ4v) is 3.24. The van der Waals surface area contributed by atoms with Crippen molar-refractivity contribution in [1.82, 2.24) is 14.5 Å². The van der Waals surface area contributed by atoms with E-state index in [0.29, 0.717) is 18.5 Å². The molecule has 1 atom stereocenters. The van der Waals surface area contributed by atoms with Crippen LogP contribution in [0.5, 0.6) is 5.75 Å². The van der Waals surface area contributed by atoms with Crippen molar-refractivity contribution in [3.63, 3.8) is 0 Å². The summed E-state index contributed by atoms with van der Waals surface area (Å²) in [6, 6.07) is 10.4. The number of hydrogen-bond donors (Lipinski definition) is 2. The first kappa shape index (κ1) is 18.0. The van der Waals surface area contributed by atoms with Gasteiger partial charge in [0.1, 0.15) is 11.3 Å². The van der Waals surface area contributed by atoms with Crippen LogP contribution in [-0.2, 0) is 6.54 Å². The summed E-state index contributed by atoms with van der Waals surface area (Å²) in [5.74, 6) is 1.96. The average molecular weight is 353 g/mol. The van der Waals surface area contributed by atoms with Gasteiger partial charge in [0.15, 0.2) is 5.82 Å². The molecule has 0 aliphatic carbocycles. The number of fused-ring (bicyclic) bond motifs is 1. The van der Waals surface area contributed by atoms with Gasteiger partial charge >= 0.3 is 0 Å². The van der Waals surface area contributed by atoms with Gasteiger partial charge in [-0.2, -0.15) is 4.98 Å². The number of nitrogen functional groups attached to an aromatic ring is 1. The van der Waals surface area contributed by atoms with Crippen molar-refractivity contribution in [1.29, 1.82) is 0 Å². The van der Waals surface area contributed by atoms with Crippen molar-refractivity contribution in [3.8, 4) is 5.75 Å². The largest absolute Gasteiger partial charge is 0.497 e. The van der Waals surface area contributed by atoms with Gasteiger partial charge in [0.2, 0.25) is 5.95 Å². The highest BCUT2D eigenvalue weighted by Crippen LogP contribution is 2.26. The Morgan fingerprint density at radius 2 is 2.08 bits per heavy atom. The van der Waals surface area contributed by atoms with Gasteiger partial charge < -0.3 is 20.4 Å². The highest BCUT2D eigenvalue weighted by molar-refractivity contribution is 5.87. The Labute approximate surface area is 154 Å². The number of anilines is 2. The molecule has 0 amide bonds. The third kappa shape index (κ3) is 3.90. The molecule has 2 heterocycles. The summed E-state index contributed by atoms with van der Waals surface area (Å²) in [5.41, 5.74) is 8.92. The predicted octanol–water partition coefficient (Wildman–Crippen LogP) is 4.06. The molecule has 3 aromatic rings. The molecule has 3 rings (SSSR count). The molecule has 0 bridgehead atoms. The van der Waals surface area contributed by atoms with E-state index in [1.807, 2.05) is 30.5 Å². The van der Waals surface area contributed by atoms with Crippen molar-refractivity contribution < 1.29 is 4.74 Å². The van der Waals surface area contributed by atoms with Crippen LogP contribution >= 0.6 is 0 Å². The smallest absolute Gasteiger partial charge is 0.222 e. The summed E-state index contributed by atoms with van der Waals surface area (Å²) < 4.78 is 7.49. The Morgan fingerprint density at radius 3 is 2.81 bits per heavy atom. The minimum Gasteiger partial charge on any atom is -0.497 e. The molecule has 0 spiro atoms. The van der Waals surface area contributed by atoms with Gasteiger partial charge in [0.05, 0.1) is 12.6 Å². The summed E-state index contributed by atoms with van der Waals surface area (Å²) in [4.78, 5) is 8.88. The first-order valence-corrected chi connectivity index (χ1v) is 9.16. The number of aromatic nitrogens is 3. The van der Waals surface area contributed by atoms with Crippen LogP contribution in [0.3, 0.4) is 0 Å². The summed E-state index contributed by atoms with van der Waals surface area (Å²) in [7, 11) is 1.68. The lowest BCUT2D eigenvalue weighted by molar-refractivity contribution is 0.414. The summed E-state index contributed by atoms with van der Waals surface area (Å²) in [6.07, 6.45) is 5.29. The highest BCUT2D eigenvalue weighted by Gasteiger charge is 2.15. The van der Waals surface area contributed by atoms with Gasteiger partial charge in [-0.3, -0.25) is 0 Å². The van der Waals surface area contributed by atoms with E-state index in [-0.39, 0.29) is 0 Å². The molecule has 0 fully saturated rings. The molecule has 138 valence electrons. The van der Waals surface area contributed by atoms with E-state index < -0.39 is 0 Å². The second-order valence-electron chi connectivity index (χ2n) is 6.50. The van der Waals surface area contributed by atoms with Gasteiger partial charge in [0.25, 0.3) is 0 Å². The Kier molecular flexibility index (Phi) is 5.61. The molecule has 0 unspecified atom stereocenters. The number of methoxy groups -OCH3 is 1. The quantitative estimate of drug-likeness (QED) is 0.638. The Balaban J connectivity index is 1.98. The molecule has 0 radical (unpaired) electrons. The van der Waals surface area contributed by atoms with Crippen molar-refractivity contribution >= 4 is 22.8 Å². The van der Waals surface area contributed by atoms with Crippen molar-refractivity contribution in [2.45, 2.75) is 45.7 Å². The second kappa shape index (κ2) is 8.08. The Morgan fingerprint density at radius 1 is 1.23 bits per heavy atom. The molecular formula is C20H27N5O. The molecule has 0 aliphatic heterocycles. The van der Waals surface area contributed by atoms with Crippen LogP contribution < -0.4 is 15.8 Å². The van der Waals surface area contributed by atoms with E-state index >= 15 is 0 Å². The molecule has 26 heavy (non-hydrogen) atoms. The molecule has 0 aliphatic rings. The van der Waals surface area contributed by atoms with Crippen LogP contribution in [-0.4, -0.2) is 27.7 Å². The third-order valence-electron chi connectivity index (χ3n) is 4.59. The van der Waals surface area contributed by atoms with E-state index in [0.717, 1.165) is 47.4 Å². The van der Waals surface area contributed by atoms with Crippen LogP contribution in [0.4, 0.5) is 11.8 Å². The first-order valence-electron chi connectivity index (χ1n) is 9.16. The van der Waals surface area contributed by atoms with Gasteiger partial charge in [-0.25, -0.2) is 4.98 Å². The molecule has 1 aromatic carbocycles. The zero-order valence-corrected chi connectivity index (χ0v) is 15.7. The summed E-state index contributed by atoms with van der Waals surface area (Å²) in [6.45, 7) is 5.09. The topological polar surface area (TPSA) is 78.0 Å². The number of hydrogen-bond acceptors (Lipinski definition) is 5. The Hall–Kier alpha value is -2.76. The number of ether oxygens (including phenoxy) is 1. The fourth-order valence-electron chi connectivity index (χ4n) is 3.24. The first-order chi connectivity index (χ1) is 12.6. The highest BCUT2D eigenvalue weighted by atomic mass is 16.5. The maximum absolute atomic E-state index is 5.93. The number of nitrogens with zero attached hydrogens (tertiary/aromatic N) is 3. The lowest BCUT2D eigenvalue weighted by Crippen LogP contribution is -2.20. The average Bonchev–Trinajstić information content (AvgIpc) is 3.04. The molecule has 6 nitrogen and oxygen atoms in total. The van der Waals surface area contributed by atoms with Crippen LogP contribution in [0, 0.1) is 0 Å². The van der Waals surface area contributed by atoms with E-state index in [4.69, 9.17) is 10.5 Å². The van der Waals surface area contributed by atoms with E-state index in [1.54, 1.807) is 7.11 Å². The minimum absolute atomic E-state index is 0.297. The number of benzene rings is 1. The van der Waals surface area contributed by atoms with E-state index in [1.165, 1.54) is 0 Å². The lowest BCUT2D eigenvalue weighted by atomic mass is 10.1. The maximum Gasteiger partial charge on any atom is 0.222 e. The standard InChI is InChI=1S/C20H27N5O/c1-4-7-15(5-2)22-19-18-17(23-20(21)24-19)10-11-25(18)13-14-8-6-9-16(12-14)26-3/h6,8-12,15H,4-5,7,13H2,1-3H3,(H3,21,22,23,24)/t15-/m1/s1. The van der Waals surface area contributed by atoms with Crippen LogP contribution in [0.25, 0.3) is 11.0 Å². The third-order valence-corrected chi connectivity index (χ3v) is 4.59. The van der Waals surface area contributed by atoms with Gasteiger partial charge in [-0.05, 0) is 36.6 Å². The molecule has 3 N–H and O–H groups in total. The number of nitrogens with one attached hydrogen (secondary N) is 1. The van der Waals surface area contributed by atoms with Crippen LogP contribution in [0.15, 0.2) is 36.5 Å². The number of nitrogens with two attached hydrogens (primary N) is 1. The van der Waals surface area contributed by atoms with E-state index in [2.05, 4.69) is 39.8 Å². The monoisotopic (exact) mass is 353 g/mol. The minimum atomic E-state index is 0.297. The van der Waals surface area contributed by atoms with Crippen LogP contribution in [0.1, 0.15) is 38.7 Å². The fraction of sp³-hybridized carbons (Fsp3) is 0.400. The lowest BCUT2D eigenvalue weighted by Gasteiger charge is -2.18. The normalized spacial score (nSPS) is 12.3. The second-order valence-corrected chi connectivity index (χ2v) is 6.50. The predicted molar refractivity (Wildman–Crippen MR) is 107 cm³/mol. The van der Waals surface area contributed by atoms with E-state index in [9.17, 15) is 0 Å². The molecule has 6 heteroatoms. The Bertz CT molecular complexity index is 874. The van der Waals surface area contributed by atoms with Gasteiger partial charge in [0, 0.05) is 18.8 Å². The SMILES string of the molecule is CCC[C@@H](CC)Nc1nc(N)nc2ccn(Cc3cccc(OC)c3)c12. The van der Waals surface area contributed by atoms with Crippen molar-refractivity contribution in [2.75, 3.05) is 18.2 Å². The molecule has 0 saturated carbocycles. The number of rotatable bonds is 8. The maximum atomic E-state index is 5.93. The van der Waals surface area contributed by atoms with Crippen molar-refractivity contribution in [3.05, 3.63) is 42.1 Å². The molecular weight excluding hydrogens is 326 g/mol.